The summed E-state index contributed by atoms with van der Waals surface area (Å²) in [5.74, 6) is -0.178. The van der Waals surface area contributed by atoms with Gasteiger partial charge in [-0.15, -0.1) is 0 Å². The highest BCUT2D eigenvalue weighted by Gasteiger charge is 2.57. The van der Waals surface area contributed by atoms with Gasteiger partial charge in [0.15, 0.2) is 13.7 Å². The van der Waals surface area contributed by atoms with Gasteiger partial charge < -0.3 is 9.84 Å². The lowest BCUT2D eigenvalue weighted by atomic mass is 10.0. The van der Waals surface area contributed by atoms with Crippen molar-refractivity contribution in [2.75, 3.05) is 39.9 Å². The molecule has 0 bridgehead atoms. The number of cyclic esters (lactones) is 1. The van der Waals surface area contributed by atoms with Crippen molar-refractivity contribution in [1.29, 1.82) is 0 Å². The normalized spacial score (nSPS) is 28.2. The first-order valence-electron chi connectivity index (χ1n) is 8.83. The Morgan fingerprint density at radius 1 is 1.46 bits per heavy atom. The molecule has 1 spiro atoms. The number of rotatable bonds is 5. The lowest BCUT2D eigenvalue weighted by Crippen LogP contribution is -2.69. The summed E-state index contributed by atoms with van der Waals surface area (Å²) in [6, 6.07) is 7.17. The van der Waals surface area contributed by atoms with Crippen molar-refractivity contribution in [3.8, 4) is 0 Å². The molecule has 8 heteroatoms. The summed E-state index contributed by atoms with van der Waals surface area (Å²) < 4.78 is 6.07. The van der Waals surface area contributed by atoms with E-state index in [1.54, 1.807) is 12.1 Å². The van der Waals surface area contributed by atoms with Gasteiger partial charge >= 0.3 is 11.7 Å². The van der Waals surface area contributed by atoms with Crippen molar-refractivity contribution in [3.63, 3.8) is 0 Å². The van der Waals surface area contributed by atoms with Crippen LogP contribution in [0.2, 0.25) is 0 Å². The van der Waals surface area contributed by atoms with Gasteiger partial charge in [0.25, 0.3) is 4.92 Å². The maximum absolute atomic E-state index is 11.9. The lowest BCUT2D eigenvalue weighted by molar-refractivity contribution is -0.979. The first-order chi connectivity index (χ1) is 12.3. The summed E-state index contributed by atoms with van der Waals surface area (Å²) in [5, 5.41) is 9.94. The average molecular weight is 365 g/mol. The first kappa shape index (κ1) is 18.8. The Morgan fingerprint density at radius 3 is 2.85 bits per heavy atom. The second-order valence-electron chi connectivity index (χ2n) is 7.55. The molecule has 2 saturated heterocycles. The maximum Gasteiger partial charge on any atom is 0.366 e. The van der Waals surface area contributed by atoms with Crippen molar-refractivity contribution >= 4 is 11.7 Å². The molecule has 1 aromatic rings. The molecule has 0 aromatic heterocycles. The number of hydrogen-bond donors (Lipinski definition) is 1. The molecule has 0 amide bonds. The Kier molecular flexibility index (Phi) is 5.01. The van der Waals surface area contributed by atoms with Gasteiger partial charge in [-0.25, -0.2) is 9.63 Å². The average Bonchev–Trinajstić information content (AvgIpc) is 2.83. The summed E-state index contributed by atoms with van der Waals surface area (Å²) >= 11 is 0. The third-order valence-corrected chi connectivity index (χ3v) is 5.71. The van der Waals surface area contributed by atoms with Crippen molar-refractivity contribution in [1.82, 2.24) is 4.90 Å². The third-order valence-electron chi connectivity index (χ3n) is 5.71. The molecule has 0 radical (unpaired) electrons. The Bertz CT molecular complexity index is 708. The zero-order valence-corrected chi connectivity index (χ0v) is 15.6. The van der Waals surface area contributed by atoms with E-state index in [9.17, 15) is 14.8 Å². The molecular formula is C18H27N3O5+2. The zero-order valence-electron chi connectivity index (χ0n) is 15.6. The predicted octanol–water partition coefficient (Wildman–Crippen LogP) is 0.945. The second-order valence-corrected chi connectivity index (χ2v) is 7.55. The zero-order chi connectivity index (χ0) is 18.9. The fraction of sp³-hybridized carbons (Fsp3) is 0.611. The molecule has 2 unspecified atom stereocenters. The summed E-state index contributed by atoms with van der Waals surface area (Å²) in [4.78, 5) is 30.9. The Balaban J connectivity index is 1.75. The van der Waals surface area contributed by atoms with Crippen LogP contribution in [0.25, 0.3) is 0 Å². The number of hydrogen-bond acceptors (Lipinski definition) is 6. The summed E-state index contributed by atoms with van der Waals surface area (Å²) in [7, 11) is 1.33. The van der Waals surface area contributed by atoms with Gasteiger partial charge in [-0.2, -0.15) is 0 Å². The number of nitrogens with zero attached hydrogens (tertiary/aromatic N) is 3. The van der Waals surface area contributed by atoms with Crippen LogP contribution >= 0.6 is 0 Å². The molecule has 2 heterocycles. The highest BCUT2D eigenvalue weighted by molar-refractivity contribution is 5.72. The number of quaternary nitrogens is 1. The number of aliphatic hydroxyl groups excluding tert-OH is 1. The molecule has 2 aliphatic rings. The molecule has 2 fully saturated rings. The molecule has 142 valence electrons. The van der Waals surface area contributed by atoms with Crippen molar-refractivity contribution in [2.24, 2.45) is 0 Å². The molecule has 2 atom stereocenters. The molecule has 1 N–H and O–H groups in total. The third kappa shape index (κ3) is 3.32. The van der Waals surface area contributed by atoms with E-state index in [1.807, 2.05) is 26.0 Å². The standard InChI is InChI=1S/C18H27N3O5/c1-18(2)21(12-17(23)26-18)8-7-19(16(11-21)13-22)10-14-5-4-6-15(9-14)20(24)25-3/h4-6,9,16,22H,7-8,10-13H2,1-3H3/q+2. The minimum atomic E-state index is -0.571. The number of benzene rings is 1. The van der Waals surface area contributed by atoms with Crippen LogP contribution in [0.1, 0.15) is 19.4 Å². The molecular weight excluding hydrogens is 338 g/mol. The number of aliphatic hydroxyl groups is 1. The van der Waals surface area contributed by atoms with E-state index in [1.165, 1.54) is 7.11 Å². The van der Waals surface area contributed by atoms with Crippen LogP contribution in [0.15, 0.2) is 24.3 Å². The number of carbonyl (C=O) groups excluding carboxylic acids is 1. The van der Waals surface area contributed by atoms with E-state index in [0.29, 0.717) is 34.7 Å². The summed E-state index contributed by atoms with van der Waals surface area (Å²) in [5.41, 5.74) is 0.837. The second kappa shape index (κ2) is 6.94. The maximum atomic E-state index is 11.9. The molecule has 0 saturated carbocycles. The molecule has 8 nitrogen and oxygen atoms in total. The van der Waals surface area contributed by atoms with Crippen LogP contribution in [0.5, 0.6) is 0 Å². The molecule has 0 aliphatic carbocycles. The highest BCUT2D eigenvalue weighted by Crippen LogP contribution is 2.36. The number of esters is 1. The van der Waals surface area contributed by atoms with Crippen LogP contribution in [-0.4, -0.2) is 77.0 Å². The molecule has 3 rings (SSSR count). The smallest absolute Gasteiger partial charge is 0.366 e. The van der Waals surface area contributed by atoms with Crippen LogP contribution in [0, 0.1) is 4.91 Å². The quantitative estimate of drug-likeness (QED) is 0.475. The largest absolute Gasteiger partial charge is 0.406 e. The van der Waals surface area contributed by atoms with Gasteiger partial charge in [0.05, 0.1) is 24.1 Å². The number of ether oxygens (including phenoxy) is 1. The minimum absolute atomic E-state index is 0.00964. The van der Waals surface area contributed by atoms with Gasteiger partial charge in [-0.1, -0.05) is 12.1 Å². The fourth-order valence-corrected chi connectivity index (χ4v) is 4.08. The van der Waals surface area contributed by atoms with E-state index >= 15 is 0 Å². The van der Waals surface area contributed by atoms with Gasteiger partial charge in [0.1, 0.15) is 6.54 Å². The van der Waals surface area contributed by atoms with E-state index in [2.05, 4.69) is 4.90 Å². The Morgan fingerprint density at radius 2 is 2.23 bits per heavy atom. The SMILES string of the molecule is CO[N+](=O)c1cccc(CN2CC[N+]3(CC(=O)OC3(C)C)CC2CO)c1. The summed E-state index contributed by atoms with van der Waals surface area (Å²) in [6.07, 6.45) is 0. The summed E-state index contributed by atoms with van der Waals surface area (Å²) in [6.45, 7) is 7.04. The van der Waals surface area contributed by atoms with Crippen molar-refractivity contribution < 1.29 is 28.9 Å². The molecule has 2 aliphatic heterocycles. The van der Waals surface area contributed by atoms with Crippen molar-refractivity contribution in [2.45, 2.75) is 32.2 Å². The predicted molar refractivity (Wildman–Crippen MR) is 93.1 cm³/mol. The topological polar surface area (TPSA) is 79.1 Å². The first-order valence-corrected chi connectivity index (χ1v) is 8.83. The van der Waals surface area contributed by atoms with Crippen LogP contribution in [-0.2, 0) is 20.9 Å². The lowest BCUT2D eigenvalue weighted by Gasteiger charge is -2.50. The van der Waals surface area contributed by atoms with Gasteiger partial charge in [0, 0.05) is 39.1 Å². The number of carbonyl (C=O) groups is 1. The highest BCUT2D eigenvalue weighted by atomic mass is 16.8. The Labute approximate surface area is 153 Å². The number of piperazine rings is 1. The fourth-order valence-electron chi connectivity index (χ4n) is 4.08. The van der Waals surface area contributed by atoms with Crippen LogP contribution < -0.4 is 0 Å². The van der Waals surface area contributed by atoms with E-state index in [-0.39, 0.29) is 18.6 Å². The van der Waals surface area contributed by atoms with Gasteiger partial charge in [0.2, 0.25) is 5.72 Å². The molecule has 1 aromatic carbocycles. The van der Waals surface area contributed by atoms with E-state index < -0.39 is 5.72 Å². The van der Waals surface area contributed by atoms with Gasteiger partial charge in [-0.3, -0.25) is 9.38 Å². The van der Waals surface area contributed by atoms with Gasteiger partial charge in [-0.05, 0) is 5.56 Å². The van der Waals surface area contributed by atoms with Crippen LogP contribution in [0.3, 0.4) is 0 Å². The Hall–Kier alpha value is -2.03. The molecule has 26 heavy (non-hydrogen) atoms. The minimum Gasteiger partial charge on any atom is -0.406 e. The van der Waals surface area contributed by atoms with E-state index in [0.717, 1.165) is 18.7 Å². The van der Waals surface area contributed by atoms with Crippen LogP contribution in [0.4, 0.5) is 5.69 Å². The monoisotopic (exact) mass is 365 g/mol. The van der Waals surface area contributed by atoms with E-state index in [4.69, 9.17) is 9.57 Å². The van der Waals surface area contributed by atoms with Crippen molar-refractivity contribution in [3.05, 3.63) is 34.7 Å².